The van der Waals surface area contributed by atoms with Gasteiger partial charge in [-0.25, -0.2) is 0 Å². The molecular weight excluding hydrogens is 200 g/mol. The molecule has 0 bridgehead atoms. The predicted molar refractivity (Wildman–Crippen MR) is 54.1 cm³/mol. The molecule has 0 unspecified atom stereocenters. The fraction of sp³-hybridized carbons (Fsp3) is 0.778. The standard InChI is InChI=1S/C9H18N2O4/c1-2-3-14-4-5-15-9(13)7-11-6-8(10)12/h11H,2-7H2,1H3,(H2,10,12). The maximum Gasteiger partial charge on any atom is 0.320 e. The Kier molecular flexibility index (Phi) is 8.70. The third-order valence-electron chi connectivity index (χ3n) is 1.41. The van der Waals surface area contributed by atoms with Crippen LogP contribution in [0, 0.1) is 0 Å². The Balaban J connectivity index is 3.22. The van der Waals surface area contributed by atoms with Crippen LogP contribution in [0.2, 0.25) is 0 Å². The van der Waals surface area contributed by atoms with Gasteiger partial charge in [0.05, 0.1) is 19.7 Å². The van der Waals surface area contributed by atoms with Crippen molar-refractivity contribution in [2.75, 3.05) is 32.9 Å². The van der Waals surface area contributed by atoms with E-state index in [-0.39, 0.29) is 19.7 Å². The minimum Gasteiger partial charge on any atom is -0.462 e. The van der Waals surface area contributed by atoms with Gasteiger partial charge in [0.1, 0.15) is 6.61 Å². The molecule has 0 atom stereocenters. The van der Waals surface area contributed by atoms with Crippen molar-refractivity contribution in [1.82, 2.24) is 5.32 Å². The van der Waals surface area contributed by atoms with Gasteiger partial charge in [0.2, 0.25) is 5.91 Å². The van der Waals surface area contributed by atoms with E-state index < -0.39 is 11.9 Å². The largest absolute Gasteiger partial charge is 0.462 e. The molecule has 3 N–H and O–H groups in total. The molecular formula is C9H18N2O4. The molecule has 6 heteroatoms. The molecule has 0 rings (SSSR count). The summed E-state index contributed by atoms with van der Waals surface area (Å²) in [6.45, 7) is 3.25. The Morgan fingerprint density at radius 3 is 2.53 bits per heavy atom. The lowest BCUT2D eigenvalue weighted by Crippen LogP contribution is -2.33. The predicted octanol–water partition coefficient (Wildman–Crippen LogP) is -0.969. The number of nitrogens with one attached hydrogen (secondary N) is 1. The topological polar surface area (TPSA) is 90.7 Å². The van der Waals surface area contributed by atoms with Gasteiger partial charge in [-0.15, -0.1) is 0 Å². The number of nitrogens with two attached hydrogens (primary N) is 1. The lowest BCUT2D eigenvalue weighted by molar-refractivity contribution is -0.144. The summed E-state index contributed by atoms with van der Waals surface area (Å²) < 4.78 is 9.90. The first-order valence-electron chi connectivity index (χ1n) is 4.89. The molecule has 0 aliphatic carbocycles. The maximum absolute atomic E-state index is 11.0. The van der Waals surface area contributed by atoms with E-state index in [1.54, 1.807) is 0 Å². The highest BCUT2D eigenvalue weighted by Gasteiger charge is 2.02. The molecule has 0 fully saturated rings. The molecule has 6 nitrogen and oxygen atoms in total. The summed E-state index contributed by atoms with van der Waals surface area (Å²) in [6, 6.07) is 0. The van der Waals surface area contributed by atoms with Gasteiger partial charge in [0, 0.05) is 6.61 Å². The van der Waals surface area contributed by atoms with E-state index in [4.69, 9.17) is 15.2 Å². The molecule has 88 valence electrons. The number of hydrogen-bond donors (Lipinski definition) is 2. The number of hydrogen-bond acceptors (Lipinski definition) is 5. The maximum atomic E-state index is 11.0. The van der Waals surface area contributed by atoms with E-state index in [0.717, 1.165) is 6.42 Å². The van der Waals surface area contributed by atoms with Crippen molar-refractivity contribution in [2.45, 2.75) is 13.3 Å². The summed E-state index contributed by atoms with van der Waals surface area (Å²) in [7, 11) is 0. The van der Waals surface area contributed by atoms with Gasteiger partial charge in [-0.3, -0.25) is 14.9 Å². The highest BCUT2D eigenvalue weighted by Crippen LogP contribution is 1.82. The van der Waals surface area contributed by atoms with Crippen molar-refractivity contribution >= 4 is 11.9 Å². The van der Waals surface area contributed by atoms with Crippen molar-refractivity contribution in [2.24, 2.45) is 5.73 Å². The van der Waals surface area contributed by atoms with Crippen LogP contribution in [0.25, 0.3) is 0 Å². The molecule has 0 radical (unpaired) electrons. The summed E-state index contributed by atoms with van der Waals surface area (Å²) in [5, 5.41) is 2.55. The molecule has 0 aromatic carbocycles. The summed E-state index contributed by atoms with van der Waals surface area (Å²) >= 11 is 0. The second kappa shape index (κ2) is 9.42. The highest BCUT2D eigenvalue weighted by atomic mass is 16.6. The first-order valence-corrected chi connectivity index (χ1v) is 4.89. The van der Waals surface area contributed by atoms with Crippen LogP contribution in [0.4, 0.5) is 0 Å². The van der Waals surface area contributed by atoms with E-state index >= 15 is 0 Å². The minimum absolute atomic E-state index is 0.0171. The van der Waals surface area contributed by atoms with Crippen LogP contribution in [0.5, 0.6) is 0 Å². The fourth-order valence-electron chi connectivity index (χ4n) is 0.800. The quantitative estimate of drug-likeness (QED) is 0.384. The molecule has 0 aromatic rings. The number of carbonyl (C=O) groups is 2. The zero-order valence-electron chi connectivity index (χ0n) is 8.95. The Morgan fingerprint density at radius 1 is 1.20 bits per heavy atom. The van der Waals surface area contributed by atoms with Gasteiger partial charge in [-0.2, -0.15) is 0 Å². The zero-order valence-corrected chi connectivity index (χ0v) is 8.95. The van der Waals surface area contributed by atoms with Crippen molar-refractivity contribution in [1.29, 1.82) is 0 Å². The average molecular weight is 218 g/mol. The van der Waals surface area contributed by atoms with E-state index in [0.29, 0.717) is 13.2 Å². The normalized spacial score (nSPS) is 9.93. The lowest BCUT2D eigenvalue weighted by atomic mass is 10.5. The highest BCUT2D eigenvalue weighted by molar-refractivity contribution is 5.77. The summed E-state index contributed by atoms with van der Waals surface area (Å²) in [5.74, 6) is -0.926. The Morgan fingerprint density at radius 2 is 1.93 bits per heavy atom. The molecule has 0 heterocycles. The second-order valence-corrected chi connectivity index (χ2v) is 2.90. The van der Waals surface area contributed by atoms with Gasteiger partial charge in [0.15, 0.2) is 0 Å². The molecule has 0 spiro atoms. The molecule has 1 amide bonds. The fourth-order valence-corrected chi connectivity index (χ4v) is 0.800. The third kappa shape index (κ3) is 10.8. The van der Waals surface area contributed by atoms with Gasteiger partial charge >= 0.3 is 5.97 Å². The van der Waals surface area contributed by atoms with Crippen LogP contribution in [0.15, 0.2) is 0 Å². The van der Waals surface area contributed by atoms with Crippen molar-refractivity contribution in [3.63, 3.8) is 0 Å². The number of rotatable bonds is 9. The van der Waals surface area contributed by atoms with Crippen LogP contribution in [-0.4, -0.2) is 44.8 Å². The molecule has 0 saturated heterocycles. The zero-order chi connectivity index (χ0) is 11.5. The van der Waals surface area contributed by atoms with Crippen LogP contribution < -0.4 is 11.1 Å². The van der Waals surface area contributed by atoms with E-state index in [1.165, 1.54) is 0 Å². The Hall–Kier alpha value is -1.14. The first-order chi connectivity index (χ1) is 7.16. The molecule has 0 aliphatic heterocycles. The first kappa shape index (κ1) is 13.9. The van der Waals surface area contributed by atoms with Crippen molar-refractivity contribution < 1.29 is 19.1 Å². The van der Waals surface area contributed by atoms with Crippen LogP contribution in [-0.2, 0) is 19.1 Å². The number of ether oxygens (including phenoxy) is 2. The Bertz CT molecular complexity index is 197. The Labute approximate surface area is 89.1 Å². The molecule has 0 aliphatic rings. The monoisotopic (exact) mass is 218 g/mol. The van der Waals surface area contributed by atoms with Gasteiger partial charge in [0.25, 0.3) is 0 Å². The summed E-state index contributed by atoms with van der Waals surface area (Å²) in [5.41, 5.74) is 4.86. The van der Waals surface area contributed by atoms with Crippen molar-refractivity contribution in [3.05, 3.63) is 0 Å². The van der Waals surface area contributed by atoms with Gasteiger partial charge in [-0.1, -0.05) is 6.92 Å². The molecule has 15 heavy (non-hydrogen) atoms. The smallest absolute Gasteiger partial charge is 0.320 e. The van der Waals surface area contributed by atoms with Gasteiger partial charge in [-0.05, 0) is 6.42 Å². The second-order valence-electron chi connectivity index (χ2n) is 2.90. The number of amides is 1. The van der Waals surface area contributed by atoms with Crippen LogP contribution in [0.3, 0.4) is 0 Å². The number of esters is 1. The summed E-state index contributed by atoms with van der Waals surface area (Å²) in [6.07, 6.45) is 0.939. The van der Waals surface area contributed by atoms with Gasteiger partial charge < -0.3 is 15.2 Å². The molecule has 0 aromatic heterocycles. The third-order valence-corrected chi connectivity index (χ3v) is 1.41. The number of primary amides is 1. The van der Waals surface area contributed by atoms with Crippen LogP contribution in [0.1, 0.15) is 13.3 Å². The number of carbonyl (C=O) groups excluding carboxylic acids is 2. The average Bonchev–Trinajstić information content (AvgIpc) is 2.17. The van der Waals surface area contributed by atoms with Crippen molar-refractivity contribution in [3.8, 4) is 0 Å². The van der Waals surface area contributed by atoms with E-state index in [9.17, 15) is 9.59 Å². The SMILES string of the molecule is CCCOCCOC(=O)CNCC(N)=O. The minimum atomic E-state index is -0.505. The van der Waals surface area contributed by atoms with E-state index in [2.05, 4.69) is 5.32 Å². The van der Waals surface area contributed by atoms with Crippen LogP contribution >= 0.6 is 0 Å². The summed E-state index contributed by atoms with van der Waals surface area (Å²) in [4.78, 5) is 21.3. The van der Waals surface area contributed by atoms with E-state index in [1.807, 2.05) is 6.92 Å². The molecule has 0 saturated carbocycles. The lowest BCUT2D eigenvalue weighted by Gasteiger charge is -2.05.